The van der Waals surface area contributed by atoms with Gasteiger partial charge in [0.05, 0.1) is 23.9 Å². The Labute approximate surface area is 187 Å². The lowest BCUT2D eigenvalue weighted by atomic mass is 9.82. The number of nitrogens with one attached hydrogen (secondary N) is 2. The van der Waals surface area contributed by atoms with Crippen LogP contribution in [0.2, 0.25) is 0 Å². The zero-order valence-electron chi connectivity index (χ0n) is 18.5. The zero-order valence-corrected chi connectivity index (χ0v) is 18.5. The molecule has 3 aromatic rings. The monoisotopic (exact) mass is 431 g/mol. The molecule has 2 fully saturated rings. The number of pyridine rings is 1. The van der Waals surface area contributed by atoms with E-state index in [0.29, 0.717) is 12.0 Å². The number of carbonyl (C=O) groups excluding carboxylic acids is 1. The molecular formula is C25H29N5O2. The topological polar surface area (TPSA) is 73.5 Å². The van der Waals surface area contributed by atoms with Gasteiger partial charge in [-0.25, -0.2) is 4.98 Å². The van der Waals surface area contributed by atoms with Gasteiger partial charge >= 0.3 is 0 Å². The number of ketones is 1. The molecule has 166 valence electrons. The van der Waals surface area contributed by atoms with Gasteiger partial charge in [0.2, 0.25) is 0 Å². The van der Waals surface area contributed by atoms with Crippen molar-refractivity contribution in [2.75, 3.05) is 51.2 Å². The predicted molar refractivity (Wildman–Crippen MR) is 126 cm³/mol. The highest BCUT2D eigenvalue weighted by Crippen LogP contribution is 2.41. The van der Waals surface area contributed by atoms with Gasteiger partial charge in [-0.3, -0.25) is 4.79 Å². The molecule has 5 heterocycles. The Morgan fingerprint density at radius 3 is 2.69 bits per heavy atom. The third kappa shape index (κ3) is 3.36. The molecule has 7 nitrogen and oxygen atoms in total. The first-order valence-corrected chi connectivity index (χ1v) is 11.6. The fraction of sp³-hybridized carbons (Fsp3) is 0.440. The fourth-order valence-electron chi connectivity index (χ4n) is 5.29. The summed E-state index contributed by atoms with van der Waals surface area (Å²) < 4.78 is 6.51. The van der Waals surface area contributed by atoms with Crippen molar-refractivity contribution in [3.8, 4) is 16.9 Å². The molecule has 0 aliphatic carbocycles. The van der Waals surface area contributed by atoms with Gasteiger partial charge in [-0.05, 0) is 43.9 Å². The van der Waals surface area contributed by atoms with Crippen LogP contribution in [0, 0.1) is 0 Å². The standard InChI is InChI=1S/C25H29N5O2/c1-29-8-10-30(11-9-29)18-13-20-21(16-28-24(20)27-15-18)17-2-3-19-22(31)14-25(32-23(19)12-17)4-6-26-7-5-25/h2-3,12-13,15-16,26H,4-11,14H2,1H3,(H,27,28). The summed E-state index contributed by atoms with van der Waals surface area (Å²) in [5, 5.41) is 4.47. The van der Waals surface area contributed by atoms with Gasteiger partial charge in [0.1, 0.15) is 17.0 Å². The van der Waals surface area contributed by atoms with E-state index in [4.69, 9.17) is 4.74 Å². The lowest BCUT2D eigenvalue weighted by Crippen LogP contribution is -2.49. The van der Waals surface area contributed by atoms with Gasteiger partial charge in [-0.1, -0.05) is 6.07 Å². The average molecular weight is 432 g/mol. The van der Waals surface area contributed by atoms with Crippen molar-refractivity contribution in [1.82, 2.24) is 20.2 Å². The minimum absolute atomic E-state index is 0.192. The van der Waals surface area contributed by atoms with Crippen LogP contribution in [0.1, 0.15) is 29.6 Å². The van der Waals surface area contributed by atoms with Crippen molar-refractivity contribution in [2.45, 2.75) is 24.9 Å². The van der Waals surface area contributed by atoms with E-state index in [0.717, 1.165) is 85.7 Å². The highest BCUT2D eigenvalue weighted by atomic mass is 16.5. The van der Waals surface area contributed by atoms with Crippen molar-refractivity contribution in [2.24, 2.45) is 0 Å². The number of Topliss-reactive ketones (excluding diaryl/α,β-unsaturated/α-hetero) is 1. The molecule has 2 aromatic heterocycles. The minimum Gasteiger partial charge on any atom is -0.486 e. The van der Waals surface area contributed by atoms with Crippen LogP contribution in [0.5, 0.6) is 5.75 Å². The number of ether oxygens (including phenoxy) is 1. The second-order valence-corrected chi connectivity index (χ2v) is 9.43. The second kappa shape index (κ2) is 7.60. The SMILES string of the molecule is CN1CCN(c2cnc3[nH]cc(-c4ccc5c(c4)OC4(CCNCC4)CC5=O)c3c2)CC1. The molecule has 0 bridgehead atoms. The molecule has 0 amide bonds. The van der Waals surface area contributed by atoms with Gasteiger partial charge in [0.15, 0.2) is 5.78 Å². The Balaban J connectivity index is 1.36. The van der Waals surface area contributed by atoms with Crippen LogP contribution in [0.15, 0.2) is 36.7 Å². The molecule has 3 aliphatic rings. The van der Waals surface area contributed by atoms with Gasteiger partial charge in [-0.15, -0.1) is 0 Å². The van der Waals surface area contributed by atoms with Gasteiger partial charge in [0, 0.05) is 56.2 Å². The van der Waals surface area contributed by atoms with Crippen LogP contribution < -0.4 is 15.0 Å². The Kier molecular flexibility index (Phi) is 4.69. The summed E-state index contributed by atoms with van der Waals surface area (Å²) in [7, 11) is 2.17. The quantitative estimate of drug-likeness (QED) is 0.650. The van der Waals surface area contributed by atoms with E-state index in [1.165, 1.54) is 0 Å². The number of piperazine rings is 1. The number of H-pyrrole nitrogens is 1. The number of aromatic nitrogens is 2. The van der Waals surface area contributed by atoms with Crippen molar-refractivity contribution >= 4 is 22.5 Å². The third-order valence-electron chi connectivity index (χ3n) is 7.30. The van der Waals surface area contributed by atoms with Crippen LogP contribution in [0.25, 0.3) is 22.2 Å². The zero-order chi connectivity index (χ0) is 21.7. The van der Waals surface area contributed by atoms with Crippen molar-refractivity contribution < 1.29 is 9.53 Å². The smallest absolute Gasteiger partial charge is 0.170 e. The van der Waals surface area contributed by atoms with E-state index < -0.39 is 0 Å². The summed E-state index contributed by atoms with van der Waals surface area (Å²) in [5.74, 6) is 0.913. The number of anilines is 1. The first-order chi connectivity index (χ1) is 15.6. The number of hydrogen-bond donors (Lipinski definition) is 2. The van der Waals surface area contributed by atoms with Gasteiger partial charge in [-0.2, -0.15) is 0 Å². The first kappa shape index (κ1) is 19.8. The van der Waals surface area contributed by atoms with Crippen molar-refractivity contribution in [3.05, 3.63) is 42.2 Å². The Hall–Kier alpha value is -2.90. The van der Waals surface area contributed by atoms with E-state index in [1.807, 2.05) is 30.6 Å². The van der Waals surface area contributed by atoms with E-state index >= 15 is 0 Å². The van der Waals surface area contributed by atoms with E-state index in [1.54, 1.807) is 0 Å². The molecule has 0 radical (unpaired) electrons. The Bertz CT molecular complexity index is 1170. The lowest BCUT2D eigenvalue weighted by Gasteiger charge is -2.41. The molecule has 0 unspecified atom stereocenters. The number of aromatic amines is 1. The number of piperidine rings is 1. The number of fused-ring (bicyclic) bond motifs is 2. The van der Waals surface area contributed by atoms with E-state index in [2.05, 4.69) is 38.2 Å². The predicted octanol–water partition coefficient (Wildman–Crippen LogP) is 3.07. The normalized spacial score (nSPS) is 21.0. The van der Waals surface area contributed by atoms with Crippen LogP contribution >= 0.6 is 0 Å². The second-order valence-electron chi connectivity index (χ2n) is 9.43. The van der Waals surface area contributed by atoms with Crippen molar-refractivity contribution in [1.29, 1.82) is 0 Å². The number of likely N-dealkylation sites (N-methyl/N-ethyl adjacent to an activating group) is 1. The molecular weight excluding hydrogens is 402 g/mol. The summed E-state index contributed by atoms with van der Waals surface area (Å²) in [4.78, 5) is 25.6. The number of hydrogen-bond acceptors (Lipinski definition) is 6. The van der Waals surface area contributed by atoms with E-state index in [9.17, 15) is 4.79 Å². The molecule has 6 rings (SSSR count). The molecule has 1 spiro atoms. The summed E-state index contributed by atoms with van der Waals surface area (Å²) in [5.41, 5.74) is 4.52. The van der Waals surface area contributed by atoms with Gasteiger partial charge < -0.3 is 24.8 Å². The molecule has 0 saturated carbocycles. The number of rotatable bonds is 2. The number of carbonyl (C=O) groups is 1. The maximum atomic E-state index is 12.9. The average Bonchev–Trinajstić information content (AvgIpc) is 3.23. The molecule has 3 aliphatic heterocycles. The maximum absolute atomic E-state index is 12.9. The lowest BCUT2D eigenvalue weighted by molar-refractivity contribution is 0.0188. The molecule has 0 atom stereocenters. The summed E-state index contributed by atoms with van der Waals surface area (Å²) in [6, 6.07) is 8.24. The third-order valence-corrected chi connectivity index (χ3v) is 7.30. The van der Waals surface area contributed by atoms with Crippen LogP contribution in [-0.2, 0) is 0 Å². The molecule has 2 N–H and O–H groups in total. The van der Waals surface area contributed by atoms with Crippen LogP contribution in [-0.4, -0.2) is 72.6 Å². The summed E-state index contributed by atoms with van der Waals surface area (Å²) in [6.45, 7) is 5.93. The number of benzene rings is 1. The number of nitrogens with zero attached hydrogens (tertiary/aromatic N) is 3. The van der Waals surface area contributed by atoms with Gasteiger partial charge in [0.25, 0.3) is 0 Å². The molecule has 2 saturated heterocycles. The highest BCUT2D eigenvalue weighted by Gasteiger charge is 2.41. The maximum Gasteiger partial charge on any atom is 0.170 e. The van der Waals surface area contributed by atoms with Crippen LogP contribution in [0.4, 0.5) is 5.69 Å². The molecule has 32 heavy (non-hydrogen) atoms. The fourth-order valence-corrected chi connectivity index (χ4v) is 5.29. The highest BCUT2D eigenvalue weighted by molar-refractivity contribution is 6.02. The summed E-state index contributed by atoms with van der Waals surface area (Å²) >= 11 is 0. The Morgan fingerprint density at radius 2 is 1.88 bits per heavy atom. The Morgan fingerprint density at radius 1 is 1.06 bits per heavy atom. The largest absolute Gasteiger partial charge is 0.486 e. The first-order valence-electron chi connectivity index (χ1n) is 11.6. The summed E-state index contributed by atoms with van der Waals surface area (Å²) in [6.07, 6.45) is 6.19. The molecule has 7 heteroatoms. The minimum atomic E-state index is -0.357. The van der Waals surface area contributed by atoms with E-state index in [-0.39, 0.29) is 11.4 Å². The van der Waals surface area contributed by atoms with Crippen LogP contribution in [0.3, 0.4) is 0 Å². The molecule has 1 aromatic carbocycles. The van der Waals surface area contributed by atoms with Crippen molar-refractivity contribution in [3.63, 3.8) is 0 Å².